The van der Waals surface area contributed by atoms with Gasteiger partial charge < -0.3 is 9.67 Å². The smallest absolute Gasteiger partial charge is 0.261 e. The number of phenols is 1. The van der Waals surface area contributed by atoms with E-state index in [1.54, 1.807) is 42.6 Å². The summed E-state index contributed by atoms with van der Waals surface area (Å²) in [6.45, 7) is 2.90. The van der Waals surface area contributed by atoms with Crippen molar-refractivity contribution >= 4 is 33.6 Å². The van der Waals surface area contributed by atoms with Gasteiger partial charge >= 0.3 is 0 Å². The first-order valence-electron chi connectivity index (χ1n) is 9.58. The van der Waals surface area contributed by atoms with Crippen molar-refractivity contribution in [1.29, 1.82) is 0 Å². The van der Waals surface area contributed by atoms with Crippen molar-refractivity contribution in [2.45, 2.75) is 19.9 Å². The molecule has 3 heterocycles. The number of amides is 2. The van der Waals surface area contributed by atoms with Crippen LogP contribution < -0.4 is 0 Å². The molecule has 1 N–H and O–H groups in total. The molecule has 0 spiro atoms. The first kappa shape index (κ1) is 17.4. The van der Waals surface area contributed by atoms with E-state index in [4.69, 9.17) is 0 Å². The van der Waals surface area contributed by atoms with Gasteiger partial charge in [-0.25, -0.2) is 0 Å². The summed E-state index contributed by atoms with van der Waals surface area (Å²) in [6, 6.07) is 14.2. The molecule has 6 nitrogen and oxygen atoms in total. The molecule has 6 heteroatoms. The van der Waals surface area contributed by atoms with Gasteiger partial charge in [-0.3, -0.25) is 19.5 Å². The lowest BCUT2D eigenvalue weighted by Gasteiger charge is -2.15. The van der Waals surface area contributed by atoms with E-state index in [0.717, 1.165) is 27.5 Å². The van der Waals surface area contributed by atoms with Crippen LogP contribution in [-0.2, 0) is 6.54 Å². The summed E-state index contributed by atoms with van der Waals surface area (Å²) in [5.74, 6) is -0.265. The predicted molar refractivity (Wildman–Crippen MR) is 110 cm³/mol. The lowest BCUT2D eigenvalue weighted by Crippen LogP contribution is -2.31. The number of phenolic OH excluding ortho intramolecular Hbond substituents is 1. The molecule has 0 fully saturated rings. The van der Waals surface area contributed by atoms with Crippen LogP contribution in [-0.4, -0.2) is 37.9 Å². The van der Waals surface area contributed by atoms with Gasteiger partial charge in [0.15, 0.2) is 0 Å². The quantitative estimate of drug-likeness (QED) is 0.541. The van der Waals surface area contributed by atoms with Gasteiger partial charge in [-0.1, -0.05) is 12.1 Å². The van der Waals surface area contributed by atoms with Gasteiger partial charge in [0.1, 0.15) is 5.75 Å². The van der Waals surface area contributed by atoms with Crippen LogP contribution in [0.1, 0.15) is 32.8 Å². The lowest BCUT2D eigenvalue weighted by molar-refractivity contribution is 0.0651. The average Bonchev–Trinajstić information content (AvgIpc) is 3.16. The zero-order chi connectivity index (χ0) is 20.1. The maximum Gasteiger partial charge on any atom is 0.261 e. The molecule has 1 aliphatic heterocycles. The number of fused-ring (bicyclic) bond motifs is 4. The summed E-state index contributed by atoms with van der Waals surface area (Å²) < 4.78 is 2.12. The normalized spacial score (nSPS) is 13.6. The number of aromatic hydroxyl groups is 1. The highest BCUT2D eigenvalue weighted by Crippen LogP contribution is 2.32. The molecule has 2 amide bonds. The Bertz CT molecular complexity index is 1270. The monoisotopic (exact) mass is 385 g/mol. The molecule has 0 saturated carbocycles. The van der Waals surface area contributed by atoms with Crippen LogP contribution >= 0.6 is 0 Å². The minimum atomic E-state index is -0.233. The topological polar surface area (TPSA) is 75.4 Å². The average molecular weight is 385 g/mol. The highest BCUT2D eigenvalue weighted by molar-refractivity contribution is 6.21. The number of benzene rings is 2. The maximum atomic E-state index is 12.6. The molecule has 0 radical (unpaired) electrons. The minimum absolute atomic E-state index is 0.201. The summed E-state index contributed by atoms with van der Waals surface area (Å²) in [5, 5.41) is 12.1. The fraction of sp³-hybridized carbons (Fsp3) is 0.174. The zero-order valence-corrected chi connectivity index (χ0v) is 15.9. The summed E-state index contributed by atoms with van der Waals surface area (Å²) in [7, 11) is 0. The second-order valence-corrected chi connectivity index (χ2v) is 7.31. The second kappa shape index (κ2) is 6.44. The highest BCUT2D eigenvalue weighted by Gasteiger charge is 2.34. The molecule has 0 unspecified atom stereocenters. The molecule has 2 aromatic heterocycles. The van der Waals surface area contributed by atoms with E-state index in [1.807, 2.05) is 19.1 Å². The Morgan fingerprint density at radius 3 is 2.38 bits per heavy atom. The fourth-order valence-corrected chi connectivity index (χ4v) is 4.27. The molecular weight excluding hydrogens is 366 g/mol. The summed E-state index contributed by atoms with van der Waals surface area (Å²) in [4.78, 5) is 30.9. The van der Waals surface area contributed by atoms with Gasteiger partial charge in [-0.15, -0.1) is 0 Å². The summed E-state index contributed by atoms with van der Waals surface area (Å²) in [6.07, 6.45) is 2.39. The Morgan fingerprint density at radius 1 is 0.931 bits per heavy atom. The first-order chi connectivity index (χ1) is 14.1. The number of aryl methyl sites for hydroxylation is 2. The van der Waals surface area contributed by atoms with Crippen molar-refractivity contribution in [3.05, 3.63) is 71.5 Å². The number of carbonyl (C=O) groups excluding carboxylic acids is 2. The number of carbonyl (C=O) groups is 2. The third-order valence-electron chi connectivity index (χ3n) is 5.58. The number of pyridine rings is 1. The molecule has 2 aromatic carbocycles. The van der Waals surface area contributed by atoms with Gasteiger partial charge in [0.2, 0.25) is 0 Å². The number of rotatable bonds is 4. The van der Waals surface area contributed by atoms with E-state index >= 15 is 0 Å². The molecule has 0 saturated heterocycles. The number of nitrogens with zero attached hydrogens (tertiary/aromatic N) is 3. The molecule has 0 bridgehead atoms. The molecule has 4 aromatic rings. The van der Waals surface area contributed by atoms with Gasteiger partial charge in [-0.05, 0) is 43.7 Å². The lowest BCUT2D eigenvalue weighted by atomic mass is 10.1. The van der Waals surface area contributed by atoms with E-state index in [9.17, 15) is 14.7 Å². The van der Waals surface area contributed by atoms with Crippen molar-refractivity contribution in [2.24, 2.45) is 0 Å². The Balaban J connectivity index is 1.46. The molecule has 0 aliphatic carbocycles. The van der Waals surface area contributed by atoms with Crippen LogP contribution in [0.4, 0.5) is 0 Å². The third-order valence-corrected chi connectivity index (χ3v) is 5.58. The van der Waals surface area contributed by atoms with E-state index < -0.39 is 0 Å². The molecular formula is C23H19N3O3. The zero-order valence-electron chi connectivity index (χ0n) is 15.9. The van der Waals surface area contributed by atoms with Crippen molar-refractivity contribution < 1.29 is 14.7 Å². The van der Waals surface area contributed by atoms with Crippen LogP contribution in [0.5, 0.6) is 5.75 Å². The summed E-state index contributed by atoms with van der Waals surface area (Å²) in [5.41, 5.74) is 3.77. The fourth-order valence-electron chi connectivity index (χ4n) is 4.27. The van der Waals surface area contributed by atoms with Crippen LogP contribution in [0.3, 0.4) is 0 Å². The van der Waals surface area contributed by atoms with Crippen molar-refractivity contribution in [2.75, 3.05) is 6.54 Å². The maximum absolute atomic E-state index is 12.6. The van der Waals surface area contributed by atoms with E-state index in [2.05, 4.69) is 9.55 Å². The van der Waals surface area contributed by atoms with E-state index in [1.165, 1.54) is 4.90 Å². The molecule has 0 atom stereocenters. The number of hydrogen-bond acceptors (Lipinski definition) is 4. The first-order valence-corrected chi connectivity index (χ1v) is 9.58. The van der Waals surface area contributed by atoms with Crippen molar-refractivity contribution in [3.63, 3.8) is 0 Å². The van der Waals surface area contributed by atoms with Crippen molar-refractivity contribution in [3.8, 4) is 5.75 Å². The Labute approximate surface area is 167 Å². The van der Waals surface area contributed by atoms with Crippen LogP contribution in [0.2, 0.25) is 0 Å². The minimum Gasteiger partial charge on any atom is -0.508 e. The third kappa shape index (κ3) is 2.60. The van der Waals surface area contributed by atoms with Gasteiger partial charge in [0.25, 0.3) is 11.8 Å². The molecule has 29 heavy (non-hydrogen) atoms. The predicted octanol–water partition coefficient (Wildman–Crippen LogP) is 3.89. The Morgan fingerprint density at radius 2 is 1.66 bits per heavy atom. The molecule has 144 valence electrons. The van der Waals surface area contributed by atoms with Gasteiger partial charge in [0, 0.05) is 36.1 Å². The SMILES string of the molecule is Cc1nccc2c3ccc(O)cc3n(CCCN3C(=O)c4ccccc4C3=O)c12. The van der Waals surface area contributed by atoms with E-state index in [0.29, 0.717) is 30.6 Å². The van der Waals surface area contributed by atoms with E-state index in [-0.39, 0.29) is 17.6 Å². The Hall–Kier alpha value is -3.67. The van der Waals surface area contributed by atoms with Crippen LogP contribution in [0.15, 0.2) is 54.7 Å². The molecule has 1 aliphatic rings. The van der Waals surface area contributed by atoms with Crippen LogP contribution in [0.25, 0.3) is 21.8 Å². The number of hydrogen-bond donors (Lipinski definition) is 1. The molecule has 5 rings (SSSR count). The highest BCUT2D eigenvalue weighted by atomic mass is 16.3. The van der Waals surface area contributed by atoms with Crippen molar-refractivity contribution in [1.82, 2.24) is 14.5 Å². The van der Waals surface area contributed by atoms with Gasteiger partial charge in [0.05, 0.1) is 27.9 Å². The largest absolute Gasteiger partial charge is 0.508 e. The van der Waals surface area contributed by atoms with Crippen LogP contribution in [0, 0.1) is 6.92 Å². The second-order valence-electron chi connectivity index (χ2n) is 7.31. The number of imide groups is 1. The number of aromatic nitrogens is 2. The van der Waals surface area contributed by atoms with Gasteiger partial charge in [-0.2, -0.15) is 0 Å². The Kier molecular flexibility index (Phi) is 3.87. The standard InChI is InChI=1S/C23H19N3O3/c1-14-21-17(9-10-24-14)16-8-7-15(27)13-20(16)25(21)11-4-12-26-22(28)18-5-2-3-6-19(18)23(26)29/h2-3,5-10,13,27H,4,11-12H2,1H3. The summed E-state index contributed by atoms with van der Waals surface area (Å²) >= 11 is 0.